The Kier molecular flexibility index (Phi) is 6.28. The number of cyclic esters (lactones) is 1. The van der Waals surface area contributed by atoms with E-state index in [1.165, 1.54) is 11.0 Å². The second-order valence-electron chi connectivity index (χ2n) is 7.59. The summed E-state index contributed by atoms with van der Waals surface area (Å²) in [5.41, 5.74) is 1.86. The summed E-state index contributed by atoms with van der Waals surface area (Å²) in [7, 11) is 0. The molecule has 1 amide bonds. The Labute approximate surface area is 184 Å². The van der Waals surface area contributed by atoms with Gasteiger partial charge in [0.25, 0.3) is 0 Å². The molecule has 164 valence electrons. The number of rotatable bonds is 6. The van der Waals surface area contributed by atoms with Crippen molar-refractivity contribution < 1.29 is 19.0 Å². The van der Waals surface area contributed by atoms with E-state index >= 15 is 0 Å². The smallest absolute Gasteiger partial charge is 0.414 e. The van der Waals surface area contributed by atoms with E-state index in [1.54, 1.807) is 29.2 Å². The van der Waals surface area contributed by atoms with Crippen molar-refractivity contribution in [1.82, 2.24) is 19.9 Å². The summed E-state index contributed by atoms with van der Waals surface area (Å²) < 4.78 is 21.9. The number of anilines is 1. The molecule has 4 rings (SSSR count). The van der Waals surface area contributed by atoms with Gasteiger partial charge in [0.15, 0.2) is 0 Å². The fraction of sp³-hybridized carbons (Fsp3) is 0.429. The molecule has 3 heterocycles. The van der Waals surface area contributed by atoms with Gasteiger partial charge in [-0.1, -0.05) is 30.4 Å². The summed E-state index contributed by atoms with van der Waals surface area (Å²) in [6.45, 7) is 3.75. The molecule has 8 nitrogen and oxygen atoms in total. The molecule has 10 heteroatoms. The molecule has 0 radical (unpaired) electrons. The average Bonchev–Trinajstić information content (AvgIpc) is 3.42. The van der Waals surface area contributed by atoms with Gasteiger partial charge in [-0.15, -0.1) is 5.10 Å². The third-order valence-corrected chi connectivity index (χ3v) is 6.07. The molecule has 0 spiro atoms. The van der Waals surface area contributed by atoms with Crippen LogP contribution in [0.25, 0.3) is 5.57 Å². The Morgan fingerprint density at radius 2 is 2.29 bits per heavy atom. The first-order valence-electron chi connectivity index (χ1n) is 10.2. The van der Waals surface area contributed by atoms with Crippen molar-refractivity contribution in [3.63, 3.8) is 0 Å². The molecule has 31 heavy (non-hydrogen) atoms. The first kappa shape index (κ1) is 21.4. The van der Waals surface area contributed by atoms with Crippen molar-refractivity contribution in [2.75, 3.05) is 24.5 Å². The van der Waals surface area contributed by atoms with Crippen LogP contribution >= 0.6 is 12.2 Å². The molecule has 1 aromatic carbocycles. The summed E-state index contributed by atoms with van der Waals surface area (Å²) in [5, 5.41) is 17.5. The number of hydrogen-bond donors (Lipinski definition) is 1. The lowest BCUT2D eigenvalue weighted by Crippen LogP contribution is -2.39. The maximum Gasteiger partial charge on any atom is 0.414 e. The molecule has 1 saturated heterocycles. The normalized spacial score (nSPS) is 19.9. The van der Waals surface area contributed by atoms with E-state index in [4.69, 9.17) is 17.0 Å². The summed E-state index contributed by atoms with van der Waals surface area (Å²) in [6.07, 6.45) is 4.86. The van der Waals surface area contributed by atoms with Crippen molar-refractivity contribution in [2.24, 2.45) is 0 Å². The average molecular weight is 446 g/mol. The van der Waals surface area contributed by atoms with Crippen LogP contribution in [0.1, 0.15) is 25.3 Å². The van der Waals surface area contributed by atoms with E-state index in [0.717, 1.165) is 5.57 Å². The standard InChI is InChI=1S/C21H24FN5O3S/c1-2-19(28)20(31)25-8-5-14(6-9-25)17-4-3-15(11-18(17)22)27-13-16(30-21(27)29)12-26-10-7-23-24-26/h3-5,7,10-11,16,19,28H,2,6,8-9,12-13H2,1H3/t16-,19-/m0/s1. The highest BCUT2D eigenvalue weighted by molar-refractivity contribution is 7.80. The number of hydrogen-bond acceptors (Lipinski definition) is 6. The zero-order valence-corrected chi connectivity index (χ0v) is 18.0. The van der Waals surface area contributed by atoms with Crippen molar-refractivity contribution in [3.05, 3.63) is 48.0 Å². The van der Waals surface area contributed by atoms with Gasteiger partial charge in [-0.25, -0.2) is 13.9 Å². The first-order valence-corrected chi connectivity index (χ1v) is 10.6. The second-order valence-corrected chi connectivity index (χ2v) is 8.01. The summed E-state index contributed by atoms with van der Waals surface area (Å²) in [5.74, 6) is -0.388. The Morgan fingerprint density at radius 3 is 2.94 bits per heavy atom. The highest BCUT2D eigenvalue weighted by atomic mass is 32.1. The van der Waals surface area contributed by atoms with Crippen LogP contribution in [-0.2, 0) is 11.3 Å². The van der Waals surface area contributed by atoms with Gasteiger partial charge in [-0.05, 0) is 36.6 Å². The van der Waals surface area contributed by atoms with E-state index in [-0.39, 0.29) is 11.9 Å². The highest BCUT2D eigenvalue weighted by Crippen LogP contribution is 2.30. The number of aliphatic hydroxyl groups is 1. The number of aromatic nitrogens is 3. The van der Waals surface area contributed by atoms with Crippen molar-refractivity contribution >= 4 is 34.6 Å². The lowest BCUT2D eigenvalue weighted by atomic mass is 9.98. The van der Waals surface area contributed by atoms with Crippen LogP contribution in [-0.4, -0.2) is 67.9 Å². The molecule has 0 unspecified atom stereocenters. The number of benzene rings is 1. The van der Waals surface area contributed by atoms with Gasteiger partial charge in [-0.2, -0.15) is 0 Å². The maximum atomic E-state index is 14.9. The molecule has 1 aromatic heterocycles. The Balaban J connectivity index is 1.43. The quantitative estimate of drug-likeness (QED) is 0.685. The SMILES string of the molecule is CC[C@H](O)C(=S)N1CC=C(c2ccc(N3C[C@H](Cn4ccnn4)OC3=O)cc2F)CC1. The molecule has 0 aliphatic carbocycles. The highest BCUT2D eigenvalue weighted by Gasteiger charge is 2.33. The van der Waals surface area contributed by atoms with E-state index < -0.39 is 12.2 Å². The van der Waals surface area contributed by atoms with Crippen LogP contribution in [0.5, 0.6) is 0 Å². The van der Waals surface area contributed by atoms with Gasteiger partial charge in [0.05, 0.1) is 25.0 Å². The van der Waals surface area contributed by atoms with E-state index in [9.17, 15) is 14.3 Å². The molecule has 2 atom stereocenters. The van der Waals surface area contributed by atoms with E-state index in [1.807, 2.05) is 17.9 Å². The molecular formula is C21H24FN5O3S. The molecular weight excluding hydrogens is 421 g/mol. The molecule has 1 N–H and O–H groups in total. The second kappa shape index (κ2) is 9.11. The van der Waals surface area contributed by atoms with Gasteiger partial charge in [0, 0.05) is 24.8 Å². The van der Waals surface area contributed by atoms with Crippen LogP contribution in [0.4, 0.5) is 14.9 Å². The molecule has 2 aliphatic rings. The predicted octanol–water partition coefficient (Wildman–Crippen LogP) is 2.63. The van der Waals surface area contributed by atoms with E-state index in [0.29, 0.717) is 55.3 Å². The number of carbonyl (C=O) groups is 1. The van der Waals surface area contributed by atoms with Crippen LogP contribution in [0, 0.1) is 5.82 Å². The predicted molar refractivity (Wildman–Crippen MR) is 117 cm³/mol. The lowest BCUT2D eigenvalue weighted by Gasteiger charge is -2.30. The number of thiocarbonyl (C=S) groups is 1. The monoisotopic (exact) mass is 445 g/mol. The van der Waals surface area contributed by atoms with Crippen molar-refractivity contribution in [3.8, 4) is 0 Å². The number of nitrogens with zero attached hydrogens (tertiary/aromatic N) is 5. The minimum Gasteiger partial charge on any atom is -0.442 e. The van der Waals surface area contributed by atoms with Crippen LogP contribution < -0.4 is 4.90 Å². The molecule has 0 saturated carbocycles. The number of amides is 1. The minimum absolute atomic E-state index is 0.312. The minimum atomic E-state index is -0.630. The van der Waals surface area contributed by atoms with Crippen LogP contribution in [0.2, 0.25) is 0 Å². The fourth-order valence-corrected chi connectivity index (χ4v) is 4.13. The molecule has 2 aromatic rings. The third kappa shape index (κ3) is 4.59. The Hall–Kier alpha value is -2.85. The third-order valence-electron chi connectivity index (χ3n) is 5.54. The van der Waals surface area contributed by atoms with E-state index in [2.05, 4.69) is 10.3 Å². The number of carbonyl (C=O) groups excluding carboxylic acids is 1. The van der Waals surface area contributed by atoms with Gasteiger partial charge < -0.3 is 14.7 Å². The fourth-order valence-electron chi connectivity index (χ4n) is 3.80. The van der Waals surface area contributed by atoms with Gasteiger partial charge in [0.1, 0.15) is 23.0 Å². The largest absolute Gasteiger partial charge is 0.442 e. The number of ether oxygens (including phenoxy) is 1. The van der Waals surface area contributed by atoms with Gasteiger partial charge in [0.2, 0.25) is 0 Å². The summed E-state index contributed by atoms with van der Waals surface area (Å²) in [4.78, 5) is 16.2. The Morgan fingerprint density at radius 1 is 1.45 bits per heavy atom. The van der Waals surface area contributed by atoms with Crippen LogP contribution in [0.3, 0.4) is 0 Å². The van der Waals surface area contributed by atoms with Crippen molar-refractivity contribution in [2.45, 2.75) is 38.5 Å². The summed E-state index contributed by atoms with van der Waals surface area (Å²) in [6, 6.07) is 4.80. The summed E-state index contributed by atoms with van der Waals surface area (Å²) >= 11 is 5.33. The van der Waals surface area contributed by atoms with Gasteiger partial charge >= 0.3 is 6.09 Å². The lowest BCUT2D eigenvalue weighted by molar-refractivity contribution is 0.129. The topological polar surface area (TPSA) is 83.7 Å². The molecule has 1 fully saturated rings. The van der Waals surface area contributed by atoms with Crippen molar-refractivity contribution in [1.29, 1.82) is 0 Å². The maximum absolute atomic E-state index is 14.9. The Bertz CT molecular complexity index is 997. The zero-order chi connectivity index (χ0) is 22.0. The molecule has 2 aliphatic heterocycles. The van der Waals surface area contributed by atoms with Gasteiger partial charge in [-0.3, -0.25) is 4.90 Å². The zero-order valence-electron chi connectivity index (χ0n) is 17.1. The number of aliphatic hydroxyl groups excluding tert-OH is 1. The number of halogens is 1. The van der Waals surface area contributed by atoms with Crippen LogP contribution in [0.15, 0.2) is 36.7 Å². The molecule has 0 bridgehead atoms. The first-order chi connectivity index (χ1) is 15.0.